The zero-order valence-electron chi connectivity index (χ0n) is 14.9. The number of hydrazone groups is 1. The fourth-order valence-electron chi connectivity index (χ4n) is 2.64. The largest absolute Gasteiger partial charge is 0.375 e. The van der Waals surface area contributed by atoms with E-state index in [2.05, 4.69) is 5.10 Å². The average Bonchev–Trinajstić information content (AvgIpc) is 2.72. The number of hydrogen-bond donors (Lipinski definition) is 1. The van der Waals surface area contributed by atoms with Crippen molar-refractivity contribution < 1.29 is 4.79 Å². The van der Waals surface area contributed by atoms with Crippen LogP contribution in [0.2, 0.25) is 0 Å². The summed E-state index contributed by atoms with van der Waals surface area (Å²) in [5, 5.41) is 6.18. The Kier molecular flexibility index (Phi) is 5.74. The predicted molar refractivity (Wildman–Crippen MR) is 113 cm³/mol. The molecule has 5 heteroatoms. The van der Waals surface area contributed by atoms with Gasteiger partial charge < -0.3 is 5.73 Å². The number of nitrogens with zero attached hydrogens (tertiary/aromatic N) is 2. The molecule has 3 rings (SSSR count). The van der Waals surface area contributed by atoms with Crippen LogP contribution in [0, 0.1) is 0 Å². The van der Waals surface area contributed by atoms with Gasteiger partial charge in [-0.15, -0.1) is 0 Å². The molecule has 2 N–H and O–H groups in total. The number of carbonyl (C=O) groups is 1. The van der Waals surface area contributed by atoms with E-state index >= 15 is 0 Å². The fourth-order valence-corrected chi connectivity index (χ4v) is 2.68. The van der Waals surface area contributed by atoms with Gasteiger partial charge in [-0.2, -0.15) is 5.10 Å². The lowest BCUT2D eigenvalue weighted by atomic mass is 9.97. The van der Waals surface area contributed by atoms with Gasteiger partial charge in [0.15, 0.2) is 10.9 Å². The molecule has 0 saturated carbocycles. The van der Waals surface area contributed by atoms with Crippen LogP contribution in [0.4, 0.5) is 0 Å². The van der Waals surface area contributed by atoms with Crippen molar-refractivity contribution in [3.05, 3.63) is 107 Å². The van der Waals surface area contributed by atoms with Gasteiger partial charge in [-0.05, 0) is 18.3 Å². The second-order valence-corrected chi connectivity index (χ2v) is 6.37. The Morgan fingerprint density at radius 3 is 1.93 bits per heavy atom. The van der Waals surface area contributed by atoms with Gasteiger partial charge in [0.1, 0.15) is 0 Å². The predicted octanol–water partition coefficient (Wildman–Crippen LogP) is 3.85. The van der Waals surface area contributed by atoms with E-state index in [9.17, 15) is 4.79 Å². The summed E-state index contributed by atoms with van der Waals surface area (Å²) in [5.41, 5.74) is 9.34. The lowest BCUT2D eigenvalue weighted by molar-refractivity contribution is 0.103. The topological polar surface area (TPSA) is 58.7 Å². The summed E-state index contributed by atoms with van der Waals surface area (Å²) in [6.45, 7) is 0. The van der Waals surface area contributed by atoms with Gasteiger partial charge in [-0.3, -0.25) is 4.79 Å². The summed E-state index contributed by atoms with van der Waals surface area (Å²) in [7, 11) is 1.70. The zero-order valence-corrected chi connectivity index (χ0v) is 15.7. The molecule has 0 amide bonds. The van der Waals surface area contributed by atoms with Gasteiger partial charge >= 0.3 is 0 Å². The van der Waals surface area contributed by atoms with Crippen LogP contribution in [0.5, 0.6) is 0 Å². The summed E-state index contributed by atoms with van der Waals surface area (Å²) < 4.78 is 0. The first-order valence-electron chi connectivity index (χ1n) is 8.43. The molecule has 0 radical (unpaired) electrons. The van der Waals surface area contributed by atoms with Crippen molar-refractivity contribution >= 4 is 28.8 Å². The molecule has 27 heavy (non-hydrogen) atoms. The number of ketones is 1. The minimum absolute atomic E-state index is 0.0347. The van der Waals surface area contributed by atoms with E-state index in [0.717, 1.165) is 11.1 Å². The summed E-state index contributed by atoms with van der Waals surface area (Å²) in [6.07, 6.45) is 0. The molecule has 0 saturated heterocycles. The monoisotopic (exact) mass is 373 g/mol. The highest BCUT2D eigenvalue weighted by Crippen LogP contribution is 2.16. The van der Waals surface area contributed by atoms with Crippen LogP contribution >= 0.6 is 12.2 Å². The molecule has 0 unspecified atom stereocenters. The zero-order chi connectivity index (χ0) is 19.2. The van der Waals surface area contributed by atoms with Crippen LogP contribution in [0.1, 0.15) is 27.0 Å². The van der Waals surface area contributed by atoms with E-state index in [0.29, 0.717) is 16.8 Å². The molecule has 3 aromatic rings. The molecular weight excluding hydrogens is 354 g/mol. The number of nitrogens with two attached hydrogens (primary N) is 1. The van der Waals surface area contributed by atoms with Gasteiger partial charge in [-0.25, -0.2) is 5.01 Å². The molecule has 0 aliphatic heterocycles. The van der Waals surface area contributed by atoms with Crippen molar-refractivity contribution in [2.24, 2.45) is 10.8 Å². The van der Waals surface area contributed by atoms with Crippen LogP contribution in [0.3, 0.4) is 0 Å². The summed E-state index contributed by atoms with van der Waals surface area (Å²) in [4.78, 5) is 12.8. The van der Waals surface area contributed by atoms with Crippen LogP contribution in [-0.2, 0) is 0 Å². The Bertz CT molecular complexity index is 985. The van der Waals surface area contributed by atoms with Crippen molar-refractivity contribution in [1.29, 1.82) is 0 Å². The van der Waals surface area contributed by atoms with Crippen LogP contribution in [0.15, 0.2) is 90.0 Å². The first kappa shape index (κ1) is 18.5. The quantitative estimate of drug-likeness (QED) is 0.319. The molecule has 0 aromatic heterocycles. The van der Waals surface area contributed by atoms with E-state index in [-0.39, 0.29) is 10.9 Å². The molecule has 4 nitrogen and oxygen atoms in total. The van der Waals surface area contributed by atoms with Crippen LogP contribution < -0.4 is 5.73 Å². The number of benzene rings is 3. The lowest BCUT2D eigenvalue weighted by Crippen LogP contribution is -2.28. The third-order valence-corrected chi connectivity index (χ3v) is 4.31. The van der Waals surface area contributed by atoms with E-state index in [1.807, 2.05) is 78.9 Å². The van der Waals surface area contributed by atoms with E-state index in [4.69, 9.17) is 18.0 Å². The van der Waals surface area contributed by atoms with Crippen molar-refractivity contribution in [3.63, 3.8) is 0 Å². The second-order valence-electron chi connectivity index (χ2n) is 5.95. The van der Waals surface area contributed by atoms with Gasteiger partial charge in [0.25, 0.3) is 0 Å². The number of rotatable bonds is 5. The summed E-state index contributed by atoms with van der Waals surface area (Å²) in [6, 6.07) is 26.3. The minimum Gasteiger partial charge on any atom is -0.375 e. The molecule has 0 bridgehead atoms. The van der Waals surface area contributed by atoms with E-state index in [1.165, 1.54) is 5.01 Å². The molecule has 0 fully saturated rings. The Morgan fingerprint density at radius 1 is 0.815 bits per heavy atom. The highest BCUT2D eigenvalue weighted by molar-refractivity contribution is 7.80. The number of thiocarbonyl (C=S) groups is 1. The Labute approximate surface area is 163 Å². The molecule has 0 spiro atoms. The normalized spacial score (nSPS) is 11.1. The molecule has 0 aliphatic rings. The lowest BCUT2D eigenvalue weighted by Gasteiger charge is -2.15. The number of carbonyl (C=O) groups excluding carboxylic acids is 1. The molecule has 3 aromatic carbocycles. The highest BCUT2D eigenvalue weighted by Gasteiger charge is 2.13. The van der Waals surface area contributed by atoms with Gasteiger partial charge in [0, 0.05) is 29.3 Å². The molecule has 0 heterocycles. The van der Waals surface area contributed by atoms with Crippen molar-refractivity contribution in [2.45, 2.75) is 0 Å². The minimum atomic E-state index is -0.0347. The van der Waals surface area contributed by atoms with Crippen LogP contribution in [0.25, 0.3) is 0 Å². The van der Waals surface area contributed by atoms with Crippen molar-refractivity contribution in [3.8, 4) is 0 Å². The molecule has 0 atom stereocenters. The third kappa shape index (κ3) is 4.46. The van der Waals surface area contributed by atoms with Gasteiger partial charge in [0.2, 0.25) is 0 Å². The summed E-state index contributed by atoms with van der Waals surface area (Å²) in [5.74, 6) is -0.0347. The SMILES string of the molecule is CN(/N=C(/c1ccccc1)c1cccc(C(=O)c2ccccc2)c1)C(N)=S. The van der Waals surface area contributed by atoms with Crippen molar-refractivity contribution in [2.75, 3.05) is 7.05 Å². The standard InChI is InChI=1S/C22H19N3OS/c1-25(22(23)27)24-20(16-9-4-2-5-10-16)18-13-8-14-19(15-18)21(26)17-11-6-3-7-12-17/h2-15H,1H3,(H2,23,27)/b24-20-. The average molecular weight is 373 g/mol. The van der Waals surface area contributed by atoms with Crippen LogP contribution in [-0.4, -0.2) is 28.7 Å². The van der Waals surface area contributed by atoms with E-state index < -0.39 is 0 Å². The van der Waals surface area contributed by atoms with E-state index in [1.54, 1.807) is 13.1 Å². The highest BCUT2D eigenvalue weighted by atomic mass is 32.1. The fraction of sp³-hybridized carbons (Fsp3) is 0.0455. The maximum atomic E-state index is 12.8. The van der Waals surface area contributed by atoms with Gasteiger partial charge in [-0.1, -0.05) is 78.9 Å². The molecular formula is C22H19N3OS. The Morgan fingerprint density at radius 2 is 1.33 bits per heavy atom. The summed E-state index contributed by atoms with van der Waals surface area (Å²) >= 11 is 5.01. The molecule has 0 aliphatic carbocycles. The van der Waals surface area contributed by atoms with Gasteiger partial charge in [0.05, 0.1) is 5.71 Å². The first-order chi connectivity index (χ1) is 13.1. The maximum Gasteiger partial charge on any atom is 0.193 e. The Hall–Kier alpha value is -3.31. The Balaban J connectivity index is 2.06. The van der Waals surface area contributed by atoms with Crippen molar-refractivity contribution in [1.82, 2.24) is 5.01 Å². The third-order valence-electron chi connectivity index (χ3n) is 4.05. The smallest absolute Gasteiger partial charge is 0.193 e. The second kappa shape index (κ2) is 8.38. The number of hydrogen-bond acceptors (Lipinski definition) is 3. The molecule has 134 valence electrons. The first-order valence-corrected chi connectivity index (χ1v) is 8.84. The maximum absolute atomic E-state index is 12.8.